The minimum atomic E-state index is -5.08. The van der Waals surface area contributed by atoms with E-state index in [4.69, 9.17) is 37.9 Å². The Bertz CT molecular complexity index is 1840. The number of Topliss-reactive ketones (excluding diaryl/α,β-unsaturated/α-hetero) is 2. The Kier molecular flexibility index (Phi) is 12.7. The van der Waals surface area contributed by atoms with Crippen LogP contribution in [0.4, 0.5) is 13.2 Å². The third kappa shape index (κ3) is 7.86. The Balaban J connectivity index is 1.67. The zero-order valence-corrected chi connectivity index (χ0v) is 31.7. The van der Waals surface area contributed by atoms with Crippen molar-refractivity contribution in [1.82, 2.24) is 0 Å². The lowest BCUT2D eigenvalue weighted by atomic mass is 9.71. The summed E-state index contributed by atoms with van der Waals surface area (Å²) in [5.41, 5.74) is -1.62. The van der Waals surface area contributed by atoms with Gasteiger partial charge in [-0.15, -0.1) is 0 Å². The number of esters is 1. The Morgan fingerprint density at radius 2 is 1.64 bits per heavy atom. The summed E-state index contributed by atoms with van der Waals surface area (Å²) in [4.78, 5) is 67.4. The quantitative estimate of drug-likeness (QED) is 0.179. The highest BCUT2D eigenvalue weighted by molar-refractivity contribution is 6.31. The number of ether oxygens (including phenoxy) is 8. The third-order valence-corrected chi connectivity index (χ3v) is 10.6. The first-order chi connectivity index (χ1) is 26.1. The molecule has 300 valence electrons. The van der Waals surface area contributed by atoms with Crippen molar-refractivity contribution in [2.45, 2.75) is 95.2 Å². The largest absolute Gasteiger partial charge is 0.496 e. The number of alkyl halides is 3. The first kappa shape index (κ1) is 41.8. The van der Waals surface area contributed by atoms with Crippen LogP contribution in [0.5, 0.6) is 17.2 Å². The number of methoxy groups -OCH3 is 5. The third-order valence-electron chi connectivity index (χ3n) is 10.6. The molecule has 1 aliphatic heterocycles. The number of carbonyl (C=O) groups is 5. The molecule has 1 heterocycles. The van der Waals surface area contributed by atoms with E-state index in [0.29, 0.717) is 6.42 Å². The van der Waals surface area contributed by atoms with Gasteiger partial charge in [0.25, 0.3) is 0 Å². The number of carbonyl (C=O) groups excluding carboxylic acids is 5. The first-order valence-electron chi connectivity index (χ1n) is 17.9. The number of benzene rings is 2. The van der Waals surface area contributed by atoms with Gasteiger partial charge in [0.2, 0.25) is 17.3 Å². The van der Waals surface area contributed by atoms with Crippen molar-refractivity contribution in [3.05, 3.63) is 51.6 Å². The number of rotatable bonds is 15. The van der Waals surface area contributed by atoms with Gasteiger partial charge in [0.15, 0.2) is 18.7 Å². The Morgan fingerprint density at radius 3 is 2.24 bits per heavy atom. The normalized spacial score (nSPS) is 24.7. The molecule has 0 bridgehead atoms. The molecule has 55 heavy (non-hydrogen) atoms. The van der Waals surface area contributed by atoms with Crippen LogP contribution in [0.15, 0.2) is 18.2 Å². The molecule has 2 aliphatic carbocycles. The van der Waals surface area contributed by atoms with Crippen LogP contribution in [0.2, 0.25) is 0 Å². The van der Waals surface area contributed by atoms with E-state index in [1.54, 1.807) is 13.0 Å². The van der Waals surface area contributed by atoms with Crippen LogP contribution in [-0.2, 0) is 44.5 Å². The molecule has 2 aromatic carbocycles. The molecule has 2 unspecified atom stereocenters. The summed E-state index contributed by atoms with van der Waals surface area (Å²) in [6, 6.07) is 4.57. The molecule has 1 fully saturated rings. The fourth-order valence-electron chi connectivity index (χ4n) is 7.92. The molecule has 0 aromatic heterocycles. The molecule has 0 N–H and O–H groups in total. The molecule has 0 saturated carbocycles. The average molecular weight is 779 g/mol. The predicted octanol–water partition coefficient (Wildman–Crippen LogP) is 5.47. The van der Waals surface area contributed by atoms with Gasteiger partial charge in [0.1, 0.15) is 22.8 Å². The lowest BCUT2D eigenvalue weighted by Crippen LogP contribution is -2.51. The standard InChI is InChI=1S/C39H45F3O13/c1-8-9-13-27(45)53-18-26(44)38(52-7)16-22-30(24(17-38)55-28-15-20(14-25(43)39(40,41)42)35(49-4)19(2)54-28)37(51-6)32-31(36(22)50-5)33(46)21-11-10-12-23(48-3)29(21)34(32)47/h10-12,19-20,24,28,35H,8-9,13-18H2,1-7H3/t19-,20+,24+,28?,35+,38?/m0/s1. The van der Waals surface area contributed by atoms with Gasteiger partial charge >= 0.3 is 12.1 Å². The summed E-state index contributed by atoms with van der Waals surface area (Å²) in [6.45, 7) is 2.80. The van der Waals surface area contributed by atoms with E-state index in [2.05, 4.69) is 0 Å². The Hall–Kier alpha value is -4.38. The van der Waals surface area contributed by atoms with Crippen molar-refractivity contribution in [1.29, 1.82) is 0 Å². The molecular weight excluding hydrogens is 733 g/mol. The molecule has 3 aliphatic rings. The van der Waals surface area contributed by atoms with Crippen LogP contribution in [0, 0.1) is 5.92 Å². The van der Waals surface area contributed by atoms with Gasteiger partial charge in [-0.05, 0) is 25.3 Å². The highest BCUT2D eigenvalue weighted by Gasteiger charge is 2.53. The van der Waals surface area contributed by atoms with Gasteiger partial charge in [-0.25, -0.2) is 0 Å². The van der Waals surface area contributed by atoms with Crippen LogP contribution in [-0.4, -0.2) is 102 Å². The molecule has 13 nitrogen and oxygen atoms in total. The summed E-state index contributed by atoms with van der Waals surface area (Å²) in [5.74, 6) is -5.37. The summed E-state index contributed by atoms with van der Waals surface area (Å²) in [6.07, 6.45) is -9.66. The van der Waals surface area contributed by atoms with Crippen LogP contribution in [0.3, 0.4) is 0 Å². The monoisotopic (exact) mass is 778 g/mol. The van der Waals surface area contributed by atoms with E-state index in [-0.39, 0.29) is 76.3 Å². The first-order valence-corrected chi connectivity index (χ1v) is 17.9. The maximum Gasteiger partial charge on any atom is 0.449 e. The van der Waals surface area contributed by atoms with Crippen molar-refractivity contribution in [2.75, 3.05) is 42.2 Å². The van der Waals surface area contributed by atoms with Crippen molar-refractivity contribution in [3.8, 4) is 17.2 Å². The lowest BCUT2D eigenvalue weighted by molar-refractivity contribution is -0.262. The van der Waals surface area contributed by atoms with E-state index in [9.17, 15) is 37.1 Å². The topological polar surface area (TPSA) is 159 Å². The average Bonchev–Trinajstić information content (AvgIpc) is 3.16. The molecule has 0 amide bonds. The van der Waals surface area contributed by atoms with E-state index in [0.717, 1.165) is 6.42 Å². The number of ketones is 4. The Morgan fingerprint density at radius 1 is 0.945 bits per heavy atom. The van der Waals surface area contributed by atoms with Crippen molar-refractivity contribution < 1.29 is 75.0 Å². The number of halogens is 3. The molecule has 0 spiro atoms. The van der Waals surface area contributed by atoms with Crippen LogP contribution in [0.25, 0.3) is 0 Å². The zero-order chi connectivity index (χ0) is 40.4. The van der Waals surface area contributed by atoms with E-state index in [1.165, 1.54) is 47.7 Å². The van der Waals surface area contributed by atoms with E-state index < -0.39 is 84.4 Å². The molecule has 0 radical (unpaired) electrons. The van der Waals surface area contributed by atoms with Gasteiger partial charge < -0.3 is 37.9 Å². The van der Waals surface area contributed by atoms with E-state index >= 15 is 0 Å². The number of unbranched alkanes of at least 4 members (excludes halogenated alkanes) is 1. The summed E-state index contributed by atoms with van der Waals surface area (Å²) in [7, 11) is 6.51. The maximum absolute atomic E-state index is 14.4. The smallest absolute Gasteiger partial charge is 0.449 e. The second-order valence-corrected chi connectivity index (χ2v) is 13.7. The minimum Gasteiger partial charge on any atom is -0.496 e. The summed E-state index contributed by atoms with van der Waals surface area (Å²) in [5, 5.41) is 0. The molecule has 2 aromatic rings. The highest BCUT2D eigenvalue weighted by atomic mass is 19.4. The number of hydrogen-bond donors (Lipinski definition) is 0. The number of fused-ring (bicyclic) bond motifs is 3. The second-order valence-electron chi connectivity index (χ2n) is 13.7. The van der Waals surface area contributed by atoms with Gasteiger partial charge in [0, 0.05) is 63.0 Å². The lowest BCUT2D eigenvalue weighted by Gasteiger charge is -2.45. The van der Waals surface area contributed by atoms with Gasteiger partial charge in [-0.1, -0.05) is 25.5 Å². The highest BCUT2D eigenvalue weighted by Crippen LogP contribution is 2.54. The minimum absolute atomic E-state index is 0.00499. The fraction of sp³-hybridized carbons (Fsp3) is 0.564. The van der Waals surface area contributed by atoms with Crippen LogP contribution < -0.4 is 14.2 Å². The predicted molar refractivity (Wildman–Crippen MR) is 186 cm³/mol. The number of hydrogen-bond acceptors (Lipinski definition) is 13. The summed E-state index contributed by atoms with van der Waals surface area (Å²) >= 11 is 0. The summed E-state index contributed by atoms with van der Waals surface area (Å²) < 4.78 is 86.8. The zero-order valence-electron chi connectivity index (χ0n) is 31.7. The fourth-order valence-corrected chi connectivity index (χ4v) is 7.92. The van der Waals surface area contributed by atoms with E-state index in [1.807, 2.05) is 6.92 Å². The Labute approximate surface area is 316 Å². The van der Waals surface area contributed by atoms with Crippen molar-refractivity contribution in [3.63, 3.8) is 0 Å². The van der Waals surface area contributed by atoms with Gasteiger partial charge in [-0.3, -0.25) is 24.0 Å². The SMILES string of the molecule is CCCCC(=O)OCC(=O)C1(OC)Cc2c(OC)c3c(c(OC)c2[C@H](OC2C[C@@H](CC(=O)C(F)(F)F)[C@H](OC)[C@H](C)O2)C1)C(=O)c1c(OC)cccc1C3=O. The molecular formula is C39H45F3O13. The van der Waals surface area contributed by atoms with Crippen molar-refractivity contribution >= 4 is 29.1 Å². The second kappa shape index (κ2) is 16.8. The molecule has 16 heteroatoms. The molecule has 6 atom stereocenters. The maximum atomic E-state index is 14.4. The van der Waals surface area contributed by atoms with Gasteiger partial charge in [0.05, 0.1) is 56.3 Å². The van der Waals surface area contributed by atoms with Crippen LogP contribution in [0.1, 0.15) is 101 Å². The van der Waals surface area contributed by atoms with Gasteiger partial charge in [-0.2, -0.15) is 13.2 Å². The molecule has 1 saturated heterocycles. The van der Waals surface area contributed by atoms with Crippen molar-refractivity contribution in [2.24, 2.45) is 5.92 Å². The molecule has 5 rings (SSSR count). The van der Waals surface area contributed by atoms with Crippen LogP contribution >= 0.6 is 0 Å².